The second-order valence-corrected chi connectivity index (χ2v) is 9.71. The van der Waals surface area contributed by atoms with Crippen LogP contribution in [0.4, 0.5) is 0 Å². The molecular weight excluding hydrogens is 272 g/mol. The van der Waals surface area contributed by atoms with E-state index in [4.69, 9.17) is 0 Å². The first kappa shape index (κ1) is 14.2. The quantitative estimate of drug-likeness (QED) is 0.706. The molecule has 6 saturated carbocycles. The molecule has 0 aromatic carbocycles. The lowest BCUT2D eigenvalue weighted by Gasteiger charge is -2.58. The highest BCUT2D eigenvalue weighted by Gasteiger charge is 2.55. The van der Waals surface area contributed by atoms with Crippen LogP contribution in [-0.2, 0) is 0 Å². The lowest BCUT2D eigenvalue weighted by atomic mass is 9.52. The van der Waals surface area contributed by atoms with Gasteiger partial charge in [-0.3, -0.25) is 0 Å². The molecule has 3 N–H and O–H groups in total. The van der Waals surface area contributed by atoms with Crippen molar-refractivity contribution in [3.05, 3.63) is 0 Å². The maximum Gasteiger partial charge on any atom is 0.0657 e. The van der Waals surface area contributed by atoms with E-state index in [9.17, 15) is 5.11 Å². The fourth-order valence-electron chi connectivity index (χ4n) is 6.37. The predicted octanol–water partition coefficient (Wildman–Crippen LogP) is 2.44. The topological polar surface area (TPSA) is 44.3 Å². The third-order valence-electron chi connectivity index (χ3n) is 7.54. The second kappa shape index (κ2) is 4.70. The summed E-state index contributed by atoms with van der Waals surface area (Å²) in [6, 6.07) is 1.47. The highest BCUT2D eigenvalue weighted by molar-refractivity contribution is 5.10. The molecule has 4 bridgehead atoms. The summed E-state index contributed by atoms with van der Waals surface area (Å²) in [5.41, 5.74) is 0.0213. The van der Waals surface area contributed by atoms with E-state index in [0.29, 0.717) is 11.6 Å². The molecule has 3 unspecified atom stereocenters. The van der Waals surface area contributed by atoms with Crippen molar-refractivity contribution in [1.29, 1.82) is 0 Å². The molecule has 124 valence electrons. The summed E-state index contributed by atoms with van der Waals surface area (Å²) < 4.78 is 0. The molecule has 0 spiro atoms. The van der Waals surface area contributed by atoms with Gasteiger partial charge in [0.15, 0.2) is 0 Å². The molecule has 6 aliphatic carbocycles. The molecule has 6 aliphatic rings. The maximum absolute atomic E-state index is 10.7. The summed E-state index contributed by atoms with van der Waals surface area (Å²) in [7, 11) is 0. The first-order valence-electron chi connectivity index (χ1n) is 9.76. The van der Waals surface area contributed by atoms with E-state index in [1.807, 2.05) is 0 Å². The van der Waals surface area contributed by atoms with E-state index in [2.05, 4.69) is 17.6 Å². The zero-order chi connectivity index (χ0) is 14.9. The molecule has 3 heteroatoms. The van der Waals surface area contributed by atoms with Crippen molar-refractivity contribution >= 4 is 0 Å². The number of hydrogen-bond acceptors (Lipinski definition) is 3. The van der Waals surface area contributed by atoms with Gasteiger partial charge in [-0.1, -0.05) is 0 Å². The predicted molar refractivity (Wildman–Crippen MR) is 87.6 cm³/mol. The first-order chi connectivity index (χ1) is 10.5. The molecule has 0 radical (unpaired) electrons. The van der Waals surface area contributed by atoms with Gasteiger partial charge in [0.2, 0.25) is 0 Å². The van der Waals surface area contributed by atoms with Gasteiger partial charge in [0.05, 0.1) is 5.60 Å². The molecule has 22 heavy (non-hydrogen) atoms. The summed E-state index contributed by atoms with van der Waals surface area (Å²) in [5.74, 6) is 3.18. The molecule has 6 rings (SSSR count). The Kier molecular flexibility index (Phi) is 3.05. The maximum atomic E-state index is 10.7. The standard InChI is InChI=1S/C19H32N2O/c1-18(15-2-3-15,21-16-4-5-16)11-20-17-13-6-12-7-14(17)10-19(22,8-12)9-13/h12-17,20-22H,2-11H2,1H3. The van der Waals surface area contributed by atoms with Crippen molar-refractivity contribution in [3.8, 4) is 0 Å². The van der Waals surface area contributed by atoms with Crippen molar-refractivity contribution in [2.75, 3.05) is 6.54 Å². The molecule has 0 amide bonds. The summed E-state index contributed by atoms with van der Waals surface area (Å²) in [5, 5.41) is 18.7. The van der Waals surface area contributed by atoms with Crippen molar-refractivity contribution < 1.29 is 5.11 Å². The van der Waals surface area contributed by atoms with Gasteiger partial charge in [0.25, 0.3) is 0 Å². The Hall–Kier alpha value is -0.120. The summed E-state index contributed by atoms with van der Waals surface area (Å²) in [4.78, 5) is 0. The molecule has 0 aromatic rings. The lowest BCUT2D eigenvalue weighted by molar-refractivity contribution is -0.139. The fourth-order valence-corrected chi connectivity index (χ4v) is 6.37. The van der Waals surface area contributed by atoms with Crippen LogP contribution >= 0.6 is 0 Å². The smallest absolute Gasteiger partial charge is 0.0657 e. The van der Waals surface area contributed by atoms with Crippen molar-refractivity contribution in [1.82, 2.24) is 10.6 Å². The van der Waals surface area contributed by atoms with E-state index >= 15 is 0 Å². The zero-order valence-electron chi connectivity index (χ0n) is 14.0. The highest BCUT2D eigenvalue weighted by Crippen LogP contribution is 2.55. The molecule has 6 fully saturated rings. The van der Waals surface area contributed by atoms with Crippen LogP contribution < -0.4 is 10.6 Å². The van der Waals surface area contributed by atoms with E-state index < -0.39 is 0 Å². The molecule has 0 aromatic heterocycles. The first-order valence-corrected chi connectivity index (χ1v) is 9.76. The largest absolute Gasteiger partial charge is 0.390 e. The minimum Gasteiger partial charge on any atom is -0.390 e. The second-order valence-electron chi connectivity index (χ2n) is 9.71. The van der Waals surface area contributed by atoms with Crippen molar-refractivity contribution in [2.24, 2.45) is 23.7 Å². The van der Waals surface area contributed by atoms with Gasteiger partial charge in [-0.15, -0.1) is 0 Å². The van der Waals surface area contributed by atoms with Crippen molar-refractivity contribution in [3.63, 3.8) is 0 Å². The number of hydrogen-bond donors (Lipinski definition) is 3. The average molecular weight is 304 g/mol. The molecule has 0 heterocycles. The Labute approximate surface area is 134 Å². The Morgan fingerprint density at radius 1 is 1.05 bits per heavy atom. The van der Waals surface area contributed by atoms with Crippen LogP contribution in [0, 0.1) is 23.7 Å². The molecule has 0 saturated heterocycles. The van der Waals surface area contributed by atoms with E-state index in [1.54, 1.807) is 0 Å². The SMILES string of the molecule is CC(CNC1C2CC3CC1CC(O)(C3)C2)(NC1CC1)C1CC1. The third kappa shape index (κ3) is 2.44. The zero-order valence-corrected chi connectivity index (χ0v) is 14.0. The van der Waals surface area contributed by atoms with Crippen LogP contribution in [0.2, 0.25) is 0 Å². The van der Waals surface area contributed by atoms with E-state index in [-0.39, 0.29) is 5.60 Å². The number of aliphatic hydroxyl groups is 1. The number of nitrogens with one attached hydrogen (secondary N) is 2. The van der Waals surface area contributed by atoms with E-state index in [0.717, 1.165) is 55.5 Å². The Bertz CT molecular complexity index is 442. The van der Waals surface area contributed by atoms with Crippen LogP contribution in [-0.4, -0.2) is 34.9 Å². The number of rotatable bonds is 6. The summed E-state index contributed by atoms with van der Waals surface area (Å²) in [6.07, 6.45) is 11.5. The van der Waals surface area contributed by atoms with Gasteiger partial charge >= 0.3 is 0 Å². The highest BCUT2D eigenvalue weighted by atomic mass is 16.3. The van der Waals surface area contributed by atoms with Crippen LogP contribution in [0.25, 0.3) is 0 Å². The fraction of sp³-hybridized carbons (Fsp3) is 1.00. The van der Waals surface area contributed by atoms with Crippen molar-refractivity contribution in [2.45, 2.75) is 87.9 Å². The average Bonchev–Trinajstić information content (AvgIpc) is 3.30. The summed E-state index contributed by atoms with van der Waals surface area (Å²) in [6.45, 7) is 3.59. The molecule has 3 atom stereocenters. The van der Waals surface area contributed by atoms with Crippen LogP contribution in [0.15, 0.2) is 0 Å². The normalized spacial score (nSPS) is 49.4. The van der Waals surface area contributed by atoms with Gasteiger partial charge < -0.3 is 15.7 Å². The third-order valence-corrected chi connectivity index (χ3v) is 7.54. The Balaban J connectivity index is 1.26. The van der Waals surface area contributed by atoms with Gasteiger partial charge in [-0.2, -0.15) is 0 Å². The Morgan fingerprint density at radius 3 is 2.27 bits per heavy atom. The van der Waals surface area contributed by atoms with Gasteiger partial charge in [0.1, 0.15) is 0 Å². The Morgan fingerprint density at radius 2 is 1.73 bits per heavy atom. The lowest BCUT2D eigenvalue weighted by Crippen LogP contribution is -2.63. The van der Waals surface area contributed by atoms with Gasteiger partial charge in [-0.05, 0) is 88.4 Å². The van der Waals surface area contributed by atoms with Crippen LogP contribution in [0.3, 0.4) is 0 Å². The van der Waals surface area contributed by atoms with Crippen LogP contribution in [0.1, 0.15) is 64.7 Å². The van der Waals surface area contributed by atoms with E-state index in [1.165, 1.54) is 38.5 Å². The monoisotopic (exact) mass is 304 g/mol. The summed E-state index contributed by atoms with van der Waals surface area (Å²) >= 11 is 0. The minimum absolute atomic E-state index is 0.291. The van der Waals surface area contributed by atoms with Gasteiger partial charge in [0, 0.05) is 24.2 Å². The molecule has 3 nitrogen and oxygen atoms in total. The van der Waals surface area contributed by atoms with Crippen LogP contribution in [0.5, 0.6) is 0 Å². The molecular formula is C19H32N2O. The van der Waals surface area contributed by atoms with Gasteiger partial charge in [-0.25, -0.2) is 0 Å². The molecule has 0 aliphatic heterocycles. The minimum atomic E-state index is -0.291.